The minimum atomic E-state index is -0.991. The fourth-order valence-electron chi connectivity index (χ4n) is 4.76. The molecule has 0 bridgehead atoms. The normalized spacial score (nSPS) is 26.2. The summed E-state index contributed by atoms with van der Waals surface area (Å²) < 4.78 is 5.53. The van der Waals surface area contributed by atoms with Gasteiger partial charge in [-0.15, -0.1) is 11.3 Å². The summed E-state index contributed by atoms with van der Waals surface area (Å²) in [5.74, 6) is 6.06. The van der Waals surface area contributed by atoms with Crippen LogP contribution in [0.1, 0.15) is 93.6 Å². The van der Waals surface area contributed by atoms with Gasteiger partial charge in [-0.3, -0.25) is 4.79 Å². The summed E-state index contributed by atoms with van der Waals surface area (Å²) >= 11 is 1.18. The van der Waals surface area contributed by atoms with Gasteiger partial charge in [-0.25, -0.2) is 4.79 Å². The molecule has 3 rings (SSSR count). The lowest BCUT2D eigenvalue weighted by molar-refractivity contribution is -0.124. The summed E-state index contributed by atoms with van der Waals surface area (Å²) in [6.45, 7) is 8.33. The van der Waals surface area contributed by atoms with Gasteiger partial charge in [-0.1, -0.05) is 18.8 Å². The minimum Gasteiger partial charge on any atom is -0.477 e. The molecule has 1 N–H and O–H groups in total. The molecule has 2 fully saturated rings. The van der Waals surface area contributed by atoms with Crippen LogP contribution in [-0.4, -0.2) is 36.2 Å². The highest BCUT2D eigenvalue weighted by Crippen LogP contribution is 2.39. The second-order valence-electron chi connectivity index (χ2n) is 10.5. The smallest absolute Gasteiger partial charge is 0.348 e. The predicted octanol–water partition coefficient (Wildman–Crippen LogP) is 5.96. The number of hydrogen-bond acceptors (Lipinski definition) is 4. The number of ether oxygens (including phenoxy) is 1. The Bertz CT molecular complexity index is 872. The molecule has 0 radical (unpaired) electrons. The summed E-state index contributed by atoms with van der Waals surface area (Å²) in [6.07, 6.45) is 7.51. The number of thiophene rings is 1. The van der Waals surface area contributed by atoms with Crippen LogP contribution in [0.25, 0.3) is 0 Å². The molecule has 5 nitrogen and oxygen atoms in total. The molecular weight excluding hydrogens is 422 g/mol. The molecule has 32 heavy (non-hydrogen) atoms. The van der Waals surface area contributed by atoms with E-state index >= 15 is 0 Å². The zero-order valence-electron chi connectivity index (χ0n) is 20.1. The summed E-state index contributed by atoms with van der Waals surface area (Å²) in [4.78, 5) is 28.8. The number of hydrogen-bond donors (Lipinski definition) is 1. The van der Waals surface area contributed by atoms with Gasteiger partial charge in [0.1, 0.15) is 4.88 Å². The zero-order valence-corrected chi connectivity index (χ0v) is 20.9. The molecule has 2 aliphatic rings. The number of rotatable bonds is 5. The molecule has 6 heteroatoms. The van der Waals surface area contributed by atoms with Gasteiger partial charge >= 0.3 is 5.97 Å². The van der Waals surface area contributed by atoms with Gasteiger partial charge in [0.25, 0.3) is 0 Å². The topological polar surface area (TPSA) is 66.8 Å². The average molecular weight is 460 g/mol. The van der Waals surface area contributed by atoms with E-state index in [4.69, 9.17) is 4.74 Å². The van der Waals surface area contributed by atoms with Crippen molar-refractivity contribution >= 4 is 28.9 Å². The van der Waals surface area contributed by atoms with E-state index in [1.54, 1.807) is 7.11 Å². The number of carbonyl (C=O) groups excluding carboxylic acids is 1. The Balaban J connectivity index is 1.98. The van der Waals surface area contributed by atoms with Gasteiger partial charge in [0, 0.05) is 24.5 Å². The van der Waals surface area contributed by atoms with Crippen LogP contribution in [0.15, 0.2) is 6.07 Å². The first-order chi connectivity index (χ1) is 15.1. The van der Waals surface area contributed by atoms with Crippen molar-refractivity contribution in [1.29, 1.82) is 0 Å². The quantitative estimate of drug-likeness (QED) is 0.552. The first-order valence-electron chi connectivity index (χ1n) is 11.8. The van der Waals surface area contributed by atoms with E-state index in [9.17, 15) is 14.7 Å². The molecule has 0 saturated heterocycles. The summed E-state index contributed by atoms with van der Waals surface area (Å²) in [6, 6.07) is 1.84. The molecular formula is C26H37NO4S. The summed E-state index contributed by atoms with van der Waals surface area (Å²) in [7, 11) is 1.73. The lowest BCUT2D eigenvalue weighted by Crippen LogP contribution is -2.47. The molecule has 1 aromatic rings. The standard InChI is InChI=1S/C26H37NO4S/c1-17-6-8-18(9-7-17)24(28)27(19-10-12-20(31-5)13-11-19)22-16-21(14-15-26(2,3)4)32-23(22)25(29)30/h16-20H,6-13H2,1-5H3,(H,29,30). The first-order valence-corrected chi connectivity index (χ1v) is 12.7. The number of carbonyl (C=O) groups is 2. The van der Waals surface area contributed by atoms with E-state index in [0.29, 0.717) is 16.5 Å². The minimum absolute atomic E-state index is 0.00405. The maximum atomic E-state index is 13.8. The van der Waals surface area contributed by atoms with Crippen molar-refractivity contribution in [2.45, 2.75) is 91.2 Å². The fraction of sp³-hybridized carbons (Fsp3) is 0.692. The van der Waals surface area contributed by atoms with Gasteiger partial charge in [0.15, 0.2) is 0 Å². The van der Waals surface area contributed by atoms with Crippen LogP contribution in [-0.2, 0) is 9.53 Å². The Labute approximate surface area is 196 Å². The Morgan fingerprint density at radius 2 is 1.72 bits per heavy atom. The number of methoxy groups -OCH3 is 1. The number of carboxylic acid groups (broad SMARTS) is 1. The molecule has 0 aliphatic heterocycles. The number of carboxylic acids is 1. The van der Waals surface area contributed by atoms with Crippen LogP contribution in [0.5, 0.6) is 0 Å². The monoisotopic (exact) mass is 459 g/mol. The van der Waals surface area contributed by atoms with Crippen LogP contribution >= 0.6 is 11.3 Å². The number of amides is 1. The zero-order chi connectivity index (χ0) is 23.5. The molecule has 0 spiro atoms. The van der Waals surface area contributed by atoms with Gasteiger partial charge in [0.05, 0.1) is 16.7 Å². The van der Waals surface area contributed by atoms with Gasteiger partial charge < -0.3 is 14.7 Å². The molecule has 0 aromatic carbocycles. The third-order valence-corrected chi connectivity index (χ3v) is 7.70. The Kier molecular flexibility index (Phi) is 8.06. The summed E-state index contributed by atoms with van der Waals surface area (Å²) in [5, 5.41) is 9.97. The molecule has 0 unspecified atom stereocenters. The molecule has 0 atom stereocenters. The molecule has 1 aromatic heterocycles. The van der Waals surface area contributed by atoms with Crippen LogP contribution in [0, 0.1) is 29.1 Å². The average Bonchev–Trinajstić information content (AvgIpc) is 3.17. The lowest BCUT2D eigenvalue weighted by Gasteiger charge is -2.39. The van der Waals surface area contributed by atoms with E-state index < -0.39 is 5.97 Å². The van der Waals surface area contributed by atoms with Crippen LogP contribution < -0.4 is 4.90 Å². The van der Waals surface area contributed by atoms with Crippen molar-refractivity contribution in [3.8, 4) is 11.8 Å². The summed E-state index contributed by atoms with van der Waals surface area (Å²) in [5.41, 5.74) is 0.352. The number of aromatic carboxylic acids is 1. The molecule has 176 valence electrons. The van der Waals surface area contributed by atoms with Crippen LogP contribution in [0.3, 0.4) is 0 Å². The van der Waals surface area contributed by atoms with E-state index in [1.165, 1.54) is 11.3 Å². The highest BCUT2D eigenvalue weighted by Gasteiger charge is 2.37. The first kappa shape index (κ1) is 24.8. The maximum absolute atomic E-state index is 13.8. The van der Waals surface area contributed by atoms with Crippen molar-refractivity contribution in [1.82, 2.24) is 0 Å². The second-order valence-corrected chi connectivity index (χ2v) is 11.5. The third kappa shape index (κ3) is 6.14. The van der Waals surface area contributed by atoms with E-state index in [2.05, 4.69) is 18.8 Å². The van der Waals surface area contributed by atoms with Crippen molar-refractivity contribution in [2.24, 2.45) is 17.3 Å². The third-order valence-electron chi connectivity index (χ3n) is 6.67. The van der Waals surface area contributed by atoms with Gasteiger partial charge in [-0.05, 0) is 84.1 Å². The van der Waals surface area contributed by atoms with E-state index in [-0.39, 0.29) is 34.3 Å². The van der Waals surface area contributed by atoms with E-state index in [1.807, 2.05) is 31.7 Å². The number of anilines is 1. The SMILES string of the molecule is COC1CCC(N(C(=O)C2CCC(C)CC2)c2cc(C#CC(C)(C)C)sc2C(=O)O)CC1. The van der Waals surface area contributed by atoms with Gasteiger partial charge in [0.2, 0.25) is 5.91 Å². The fourth-order valence-corrected chi connectivity index (χ4v) is 5.60. The van der Waals surface area contributed by atoms with Crippen LogP contribution in [0.4, 0.5) is 5.69 Å². The largest absolute Gasteiger partial charge is 0.477 e. The van der Waals surface area contributed by atoms with Crippen LogP contribution in [0.2, 0.25) is 0 Å². The van der Waals surface area contributed by atoms with Gasteiger partial charge in [-0.2, -0.15) is 0 Å². The molecule has 2 aliphatic carbocycles. The Morgan fingerprint density at radius 1 is 1.09 bits per heavy atom. The highest BCUT2D eigenvalue weighted by atomic mass is 32.1. The molecule has 1 amide bonds. The predicted molar refractivity (Wildman–Crippen MR) is 129 cm³/mol. The lowest BCUT2D eigenvalue weighted by atomic mass is 9.81. The van der Waals surface area contributed by atoms with E-state index in [0.717, 1.165) is 51.4 Å². The molecule has 2 saturated carbocycles. The van der Waals surface area contributed by atoms with Crippen molar-refractivity contribution < 1.29 is 19.4 Å². The molecule has 1 heterocycles. The van der Waals surface area contributed by atoms with Crippen molar-refractivity contribution in [2.75, 3.05) is 12.0 Å². The van der Waals surface area contributed by atoms with Crippen molar-refractivity contribution in [3.63, 3.8) is 0 Å². The number of nitrogens with zero attached hydrogens (tertiary/aromatic N) is 1. The van der Waals surface area contributed by atoms with Crippen molar-refractivity contribution in [3.05, 3.63) is 15.8 Å². The maximum Gasteiger partial charge on any atom is 0.348 e. The Morgan fingerprint density at radius 3 is 2.25 bits per heavy atom. The highest BCUT2D eigenvalue weighted by molar-refractivity contribution is 7.15. The Hall–Kier alpha value is -1.84. The second kappa shape index (κ2) is 10.4.